The largest absolute Gasteiger partial charge is 0.487 e. The second-order valence-electron chi connectivity index (χ2n) is 13.4. The molecule has 10 heteroatoms. The Labute approximate surface area is 298 Å². The molecule has 0 unspecified atom stereocenters. The number of carbonyl (C=O) groups excluding carboxylic acids is 1. The first-order valence-electron chi connectivity index (χ1n) is 17.1. The number of alkyl carbamates (subject to hydrolysis) is 1. The molecule has 10 nitrogen and oxygen atoms in total. The predicted molar refractivity (Wildman–Crippen MR) is 201 cm³/mol. The van der Waals surface area contributed by atoms with Crippen LogP contribution in [0.1, 0.15) is 43.0 Å². The van der Waals surface area contributed by atoms with E-state index in [9.17, 15) is 9.90 Å². The molecule has 0 bridgehead atoms. The van der Waals surface area contributed by atoms with Crippen molar-refractivity contribution in [3.63, 3.8) is 0 Å². The quantitative estimate of drug-likeness (QED) is 0.0780. The van der Waals surface area contributed by atoms with Crippen molar-refractivity contribution in [1.29, 1.82) is 0 Å². The minimum absolute atomic E-state index is 0.0170. The number of carbonyl (C=O) groups is 1. The molecule has 0 fully saturated rings. The van der Waals surface area contributed by atoms with E-state index in [1.165, 1.54) is 0 Å². The molecule has 2 atom stereocenters. The van der Waals surface area contributed by atoms with Crippen LogP contribution in [0, 0.1) is 0 Å². The summed E-state index contributed by atoms with van der Waals surface area (Å²) in [5.74, 6) is 1.59. The number of aromatic amines is 2. The molecule has 7 N–H and O–H groups in total. The van der Waals surface area contributed by atoms with E-state index in [4.69, 9.17) is 25.1 Å². The normalized spacial score (nSPS) is 12.5. The van der Waals surface area contributed by atoms with Crippen LogP contribution in [-0.2, 0) is 30.8 Å². The number of para-hydroxylation sites is 2. The van der Waals surface area contributed by atoms with Gasteiger partial charge in [0.25, 0.3) is 0 Å². The van der Waals surface area contributed by atoms with Crippen molar-refractivity contribution < 1.29 is 29.2 Å². The van der Waals surface area contributed by atoms with E-state index in [0.29, 0.717) is 26.1 Å². The van der Waals surface area contributed by atoms with Crippen molar-refractivity contribution in [3.8, 4) is 11.5 Å². The molecule has 0 spiro atoms. The van der Waals surface area contributed by atoms with Gasteiger partial charge in [-0.3, -0.25) is 0 Å². The Bertz CT molecular complexity index is 1970. The highest BCUT2D eigenvalue weighted by Crippen LogP contribution is 2.30. The van der Waals surface area contributed by atoms with Gasteiger partial charge < -0.3 is 45.4 Å². The number of fused-ring (bicyclic) bond motifs is 2. The first kappa shape index (κ1) is 37.0. The summed E-state index contributed by atoms with van der Waals surface area (Å²) in [6.45, 7) is 6.22. The molecule has 51 heavy (non-hydrogen) atoms. The lowest BCUT2D eigenvalue weighted by Gasteiger charge is -2.22. The van der Waals surface area contributed by atoms with Gasteiger partial charge in [-0.15, -0.1) is 0 Å². The Balaban J connectivity index is 0.000000205. The van der Waals surface area contributed by atoms with Crippen LogP contribution in [-0.4, -0.2) is 57.2 Å². The first-order valence-corrected chi connectivity index (χ1v) is 17.1. The first-order chi connectivity index (χ1) is 24.6. The third kappa shape index (κ3) is 10.6. The number of nitrogens with two attached hydrogens (primary N) is 1. The standard InChI is InChI=1S/C23H28N2O4.C18H20N2O2/c1-23(2,3)29-22(27)25-18(14-26)12-17-13-24-21-19(17)10-7-11-20(21)28-15-16-8-5-4-6-9-16;19-15(11-21)9-14-10-20-18-16(14)7-4-8-17(18)22-12-13-5-2-1-3-6-13/h4-11,13,18,24,26H,12,14-15H2,1-3H3,(H,25,27);1-8,10,15,20-21H,9,11-12,19H2/t18-;15-/m00/s1. The Morgan fingerprint density at radius 3 is 1.65 bits per heavy atom. The van der Waals surface area contributed by atoms with E-state index in [1.807, 2.05) is 109 Å². The van der Waals surface area contributed by atoms with Crippen LogP contribution < -0.4 is 20.5 Å². The van der Waals surface area contributed by atoms with Gasteiger partial charge in [0, 0.05) is 29.2 Å². The topological polar surface area (TPSA) is 155 Å². The average Bonchev–Trinajstić information content (AvgIpc) is 3.74. The molecule has 1 amide bonds. The Morgan fingerprint density at radius 2 is 1.20 bits per heavy atom. The zero-order chi connectivity index (χ0) is 36.2. The molecular weight excluding hydrogens is 644 g/mol. The highest BCUT2D eigenvalue weighted by atomic mass is 16.6. The number of nitrogens with one attached hydrogen (secondary N) is 3. The van der Waals surface area contributed by atoms with Gasteiger partial charge in [-0.25, -0.2) is 4.79 Å². The molecule has 0 saturated heterocycles. The van der Waals surface area contributed by atoms with Crippen LogP contribution >= 0.6 is 0 Å². The molecule has 0 radical (unpaired) electrons. The van der Waals surface area contributed by atoms with Gasteiger partial charge in [-0.05, 0) is 68.0 Å². The van der Waals surface area contributed by atoms with E-state index in [0.717, 1.165) is 55.6 Å². The lowest BCUT2D eigenvalue weighted by molar-refractivity contribution is 0.0483. The molecule has 0 aliphatic carbocycles. The van der Waals surface area contributed by atoms with Crippen LogP contribution in [0.4, 0.5) is 4.79 Å². The van der Waals surface area contributed by atoms with E-state index in [1.54, 1.807) is 20.8 Å². The van der Waals surface area contributed by atoms with Gasteiger partial charge in [0.05, 0.1) is 30.3 Å². The molecular formula is C41H48N4O6. The SMILES string of the molecule is CC(C)(C)OC(=O)N[C@H](CO)Cc1c[nH]c2c(OCc3ccccc3)cccc12.N[C@H](CO)Cc1c[nH]c2c(OCc3ccccc3)cccc12. The van der Waals surface area contributed by atoms with E-state index in [2.05, 4.69) is 15.3 Å². The molecule has 4 aromatic carbocycles. The van der Waals surface area contributed by atoms with Crippen LogP contribution in [0.3, 0.4) is 0 Å². The lowest BCUT2D eigenvalue weighted by atomic mass is 10.1. The fraction of sp³-hybridized carbons (Fsp3) is 0.293. The summed E-state index contributed by atoms with van der Waals surface area (Å²) in [6, 6.07) is 31.2. The maximum Gasteiger partial charge on any atom is 0.407 e. The highest BCUT2D eigenvalue weighted by Gasteiger charge is 2.21. The van der Waals surface area contributed by atoms with Crippen molar-refractivity contribution >= 4 is 27.9 Å². The maximum absolute atomic E-state index is 12.0. The summed E-state index contributed by atoms with van der Waals surface area (Å²) >= 11 is 0. The molecule has 6 rings (SSSR count). The summed E-state index contributed by atoms with van der Waals surface area (Å²) in [4.78, 5) is 18.5. The summed E-state index contributed by atoms with van der Waals surface area (Å²) in [5, 5.41) is 23.6. The van der Waals surface area contributed by atoms with Crippen molar-refractivity contribution in [1.82, 2.24) is 15.3 Å². The highest BCUT2D eigenvalue weighted by molar-refractivity contribution is 5.89. The molecule has 0 saturated carbocycles. The second-order valence-corrected chi connectivity index (χ2v) is 13.4. The smallest absolute Gasteiger partial charge is 0.407 e. The number of amides is 1. The third-order valence-corrected chi connectivity index (χ3v) is 8.12. The molecule has 0 aliphatic heterocycles. The predicted octanol–water partition coefficient (Wildman–Crippen LogP) is 6.78. The number of aliphatic hydroxyl groups is 2. The number of aliphatic hydroxyl groups excluding tert-OH is 2. The van der Waals surface area contributed by atoms with Crippen LogP contribution in [0.25, 0.3) is 21.8 Å². The third-order valence-electron chi connectivity index (χ3n) is 8.12. The summed E-state index contributed by atoms with van der Waals surface area (Å²) in [5.41, 5.74) is 11.4. The van der Waals surface area contributed by atoms with Crippen LogP contribution in [0.15, 0.2) is 109 Å². The Morgan fingerprint density at radius 1 is 0.706 bits per heavy atom. The van der Waals surface area contributed by atoms with Gasteiger partial charge in [-0.2, -0.15) is 0 Å². The maximum atomic E-state index is 12.0. The number of hydrogen-bond donors (Lipinski definition) is 6. The zero-order valence-electron chi connectivity index (χ0n) is 29.4. The van der Waals surface area contributed by atoms with Gasteiger partial charge in [0.1, 0.15) is 30.3 Å². The van der Waals surface area contributed by atoms with Gasteiger partial charge in [0.2, 0.25) is 0 Å². The number of rotatable bonds is 13. The fourth-order valence-corrected chi connectivity index (χ4v) is 5.67. The van der Waals surface area contributed by atoms with Crippen molar-refractivity contribution in [2.45, 2.75) is 64.5 Å². The summed E-state index contributed by atoms with van der Waals surface area (Å²) in [7, 11) is 0. The van der Waals surface area contributed by atoms with E-state index in [-0.39, 0.29) is 19.3 Å². The number of benzene rings is 4. The minimum atomic E-state index is -0.587. The minimum Gasteiger partial charge on any atom is -0.487 e. The Kier molecular flexibility index (Phi) is 12.7. The van der Waals surface area contributed by atoms with Crippen molar-refractivity contribution in [2.24, 2.45) is 5.73 Å². The molecule has 0 aliphatic rings. The van der Waals surface area contributed by atoms with E-state index < -0.39 is 17.7 Å². The van der Waals surface area contributed by atoms with Crippen LogP contribution in [0.5, 0.6) is 11.5 Å². The van der Waals surface area contributed by atoms with Gasteiger partial charge >= 0.3 is 6.09 Å². The fourth-order valence-electron chi connectivity index (χ4n) is 5.67. The van der Waals surface area contributed by atoms with Gasteiger partial charge in [0.15, 0.2) is 0 Å². The molecule has 2 heterocycles. The number of H-pyrrole nitrogens is 2. The van der Waals surface area contributed by atoms with Crippen molar-refractivity contribution in [2.75, 3.05) is 13.2 Å². The summed E-state index contributed by atoms with van der Waals surface area (Å²) in [6.07, 6.45) is 4.40. The lowest BCUT2D eigenvalue weighted by Crippen LogP contribution is -2.42. The monoisotopic (exact) mass is 692 g/mol. The van der Waals surface area contributed by atoms with E-state index >= 15 is 0 Å². The van der Waals surface area contributed by atoms with Crippen LogP contribution in [0.2, 0.25) is 0 Å². The van der Waals surface area contributed by atoms with Gasteiger partial charge in [-0.1, -0.05) is 84.9 Å². The Hall–Kier alpha value is -5.29. The number of ether oxygens (including phenoxy) is 3. The molecule has 2 aromatic heterocycles. The average molecular weight is 693 g/mol. The second kappa shape index (κ2) is 17.6. The zero-order valence-corrected chi connectivity index (χ0v) is 29.4. The van der Waals surface area contributed by atoms with Crippen molar-refractivity contribution in [3.05, 3.63) is 132 Å². The number of hydrogen-bond acceptors (Lipinski definition) is 7. The molecule has 268 valence electrons. The summed E-state index contributed by atoms with van der Waals surface area (Å²) < 4.78 is 17.2. The molecule has 6 aromatic rings. The number of aromatic nitrogens is 2.